The van der Waals surface area contributed by atoms with Crippen LogP contribution in [0.2, 0.25) is 5.02 Å². The summed E-state index contributed by atoms with van der Waals surface area (Å²) in [6.07, 6.45) is 6.91. The highest BCUT2D eigenvalue weighted by Crippen LogP contribution is 2.18. The highest BCUT2D eigenvalue weighted by Gasteiger charge is 2.05. The van der Waals surface area contributed by atoms with Crippen LogP contribution in [0, 0.1) is 5.82 Å². The third-order valence-corrected chi connectivity index (χ3v) is 4.64. The van der Waals surface area contributed by atoms with Gasteiger partial charge in [-0.05, 0) is 48.1 Å². The molecule has 7 nitrogen and oxygen atoms in total. The summed E-state index contributed by atoms with van der Waals surface area (Å²) in [5, 5.41) is 15.7. The van der Waals surface area contributed by atoms with E-state index in [4.69, 9.17) is 28.6 Å². The van der Waals surface area contributed by atoms with Gasteiger partial charge in [0.1, 0.15) is 11.6 Å². The molecule has 2 N–H and O–H groups in total. The van der Waals surface area contributed by atoms with Crippen molar-refractivity contribution in [1.29, 1.82) is 0 Å². The number of rotatable bonds is 7. The smallest absolute Gasteiger partial charge is 0.180 e. The zero-order valence-corrected chi connectivity index (χ0v) is 17.8. The van der Waals surface area contributed by atoms with E-state index in [1.165, 1.54) is 12.1 Å². The van der Waals surface area contributed by atoms with Gasteiger partial charge < -0.3 is 15.4 Å². The summed E-state index contributed by atoms with van der Waals surface area (Å²) in [6.45, 7) is 0.764. The van der Waals surface area contributed by atoms with E-state index in [-0.39, 0.29) is 12.5 Å². The molecule has 0 unspecified atom stereocenters. The molecule has 2 heterocycles. The molecular formula is C21H18ClFN6OS. The molecule has 0 spiro atoms. The fraction of sp³-hybridized carbons (Fsp3) is 0.0952. The summed E-state index contributed by atoms with van der Waals surface area (Å²) in [6, 6.07) is 13.5. The Bertz CT molecular complexity index is 1180. The lowest BCUT2D eigenvalue weighted by Gasteiger charge is -2.07. The number of anilines is 2. The maximum atomic E-state index is 13.0. The molecule has 0 saturated carbocycles. The first kappa shape index (κ1) is 20.8. The maximum absolute atomic E-state index is 13.0. The normalized spacial score (nSPS) is 10.6. The standard InChI is InChI=1S/C21H18ClFN6OS/c22-16-2-1-3-20(8-16)30-14-29-13-19(10-25-29)27-21(31)26-18-9-24-28(12-18)11-15-4-6-17(23)7-5-15/h1-10,12-13H,11,14H2,(H2,26,27,31). The summed E-state index contributed by atoms with van der Waals surface area (Å²) in [5.41, 5.74) is 2.39. The highest BCUT2D eigenvalue weighted by atomic mass is 35.5. The molecule has 2 aromatic carbocycles. The number of hydrogen-bond donors (Lipinski definition) is 2. The van der Waals surface area contributed by atoms with Gasteiger partial charge in [0.15, 0.2) is 11.8 Å². The third-order valence-electron chi connectivity index (χ3n) is 4.20. The Kier molecular flexibility index (Phi) is 6.44. The summed E-state index contributed by atoms with van der Waals surface area (Å²) < 4.78 is 22.0. The van der Waals surface area contributed by atoms with Crippen LogP contribution in [0.5, 0.6) is 5.75 Å². The molecule has 0 radical (unpaired) electrons. The second-order valence-electron chi connectivity index (χ2n) is 6.63. The summed E-state index contributed by atoms with van der Waals surface area (Å²) >= 11 is 11.3. The summed E-state index contributed by atoms with van der Waals surface area (Å²) in [4.78, 5) is 0. The number of nitrogens with zero attached hydrogens (tertiary/aromatic N) is 4. The van der Waals surface area contributed by atoms with Crippen molar-refractivity contribution < 1.29 is 9.13 Å². The molecule has 0 aliphatic heterocycles. The minimum absolute atomic E-state index is 0.234. The molecule has 4 aromatic rings. The Hall–Kier alpha value is -3.43. The van der Waals surface area contributed by atoms with Crippen molar-refractivity contribution in [2.24, 2.45) is 0 Å². The van der Waals surface area contributed by atoms with E-state index in [2.05, 4.69) is 20.8 Å². The molecule has 0 fully saturated rings. The molecule has 0 saturated heterocycles. The zero-order valence-electron chi connectivity index (χ0n) is 16.2. The Labute approximate surface area is 188 Å². The molecular weight excluding hydrogens is 439 g/mol. The average Bonchev–Trinajstić information content (AvgIpc) is 3.37. The first-order chi connectivity index (χ1) is 15.0. The van der Waals surface area contributed by atoms with Crippen molar-refractivity contribution in [2.75, 3.05) is 10.6 Å². The van der Waals surface area contributed by atoms with E-state index < -0.39 is 0 Å². The molecule has 2 aromatic heterocycles. The third kappa shape index (κ3) is 6.03. The fourth-order valence-corrected chi connectivity index (χ4v) is 3.20. The van der Waals surface area contributed by atoms with Gasteiger partial charge in [-0.1, -0.05) is 29.8 Å². The minimum Gasteiger partial charge on any atom is -0.471 e. The molecule has 0 amide bonds. The van der Waals surface area contributed by atoms with Gasteiger partial charge in [-0.3, -0.25) is 4.68 Å². The van der Waals surface area contributed by atoms with Gasteiger partial charge in [0.05, 0.1) is 36.5 Å². The molecule has 0 bridgehead atoms. The predicted molar refractivity (Wildman–Crippen MR) is 122 cm³/mol. The van der Waals surface area contributed by atoms with Gasteiger partial charge in [0, 0.05) is 11.2 Å². The molecule has 0 aliphatic rings. The Balaban J connectivity index is 1.27. The van der Waals surface area contributed by atoms with Crippen LogP contribution in [0.3, 0.4) is 0 Å². The first-order valence-electron chi connectivity index (χ1n) is 9.29. The van der Waals surface area contributed by atoms with Crippen molar-refractivity contribution in [3.63, 3.8) is 0 Å². The Morgan fingerprint density at radius 3 is 2.39 bits per heavy atom. The Morgan fingerprint density at radius 2 is 1.68 bits per heavy atom. The lowest BCUT2D eigenvalue weighted by Crippen LogP contribution is -2.18. The van der Waals surface area contributed by atoms with Gasteiger partial charge in [-0.25, -0.2) is 9.07 Å². The highest BCUT2D eigenvalue weighted by molar-refractivity contribution is 7.80. The van der Waals surface area contributed by atoms with Crippen LogP contribution in [0.4, 0.5) is 15.8 Å². The van der Waals surface area contributed by atoms with E-state index in [1.54, 1.807) is 52.2 Å². The van der Waals surface area contributed by atoms with E-state index in [0.29, 0.717) is 28.1 Å². The van der Waals surface area contributed by atoms with Crippen molar-refractivity contribution in [2.45, 2.75) is 13.3 Å². The van der Waals surface area contributed by atoms with Crippen LogP contribution in [-0.4, -0.2) is 24.7 Å². The number of halogens is 2. The van der Waals surface area contributed by atoms with Gasteiger partial charge in [-0.2, -0.15) is 10.2 Å². The van der Waals surface area contributed by atoms with Crippen molar-refractivity contribution >= 4 is 40.3 Å². The molecule has 0 aliphatic carbocycles. The molecule has 0 atom stereocenters. The first-order valence-corrected chi connectivity index (χ1v) is 10.1. The van der Waals surface area contributed by atoms with E-state index in [9.17, 15) is 4.39 Å². The van der Waals surface area contributed by atoms with Gasteiger partial charge in [-0.15, -0.1) is 0 Å². The van der Waals surface area contributed by atoms with Crippen LogP contribution in [0.1, 0.15) is 5.56 Å². The predicted octanol–water partition coefficient (Wildman–Crippen LogP) is 4.77. The Morgan fingerprint density at radius 1 is 1.00 bits per heavy atom. The van der Waals surface area contributed by atoms with Crippen molar-refractivity contribution in [1.82, 2.24) is 19.6 Å². The average molecular weight is 457 g/mol. The molecule has 158 valence electrons. The second kappa shape index (κ2) is 9.59. The van der Waals surface area contributed by atoms with Crippen LogP contribution >= 0.6 is 23.8 Å². The molecule has 31 heavy (non-hydrogen) atoms. The number of nitrogens with one attached hydrogen (secondary N) is 2. The quantitative estimate of drug-likeness (QED) is 0.390. The molecule has 10 heteroatoms. The van der Waals surface area contributed by atoms with Crippen molar-refractivity contribution in [3.05, 3.63) is 89.7 Å². The second-order valence-corrected chi connectivity index (χ2v) is 7.48. The topological polar surface area (TPSA) is 68.9 Å². The lowest BCUT2D eigenvalue weighted by molar-refractivity contribution is 0.221. The van der Waals surface area contributed by atoms with E-state index in [0.717, 1.165) is 11.3 Å². The fourth-order valence-electron chi connectivity index (χ4n) is 2.78. The van der Waals surface area contributed by atoms with Gasteiger partial charge >= 0.3 is 0 Å². The number of benzene rings is 2. The maximum Gasteiger partial charge on any atom is 0.180 e. The minimum atomic E-state index is -0.262. The van der Waals surface area contributed by atoms with Gasteiger partial charge in [0.2, 0.25) is 0 Å². The summed E-state index contributed by atoms with van der Waals surface area (Å²) in [5.74, 6) is 0.398. The number of ether oxygens (including phenoxy) is 1. The molecule has 4 rings (SSSR count). The van der Waals surface area contributed by atoms with Crippen LogP contribution in [0.25, 0.3) is 0 Å². The van der Waals surface area contributed by atoms with Crippen LogP contribution in [0.15, 0.2) is 73.3 Å². The van der Waals surface area contributed by atoms with E-state index >= 15 is 0 Å². The largest absolute Gasteiger partial charge is 0.471 e. The number of hydrogen-bond acceptors (Lipinski definition) is 4. The SMILES string of the molecule is Fc1ccc(Cn2cc(NC(=S)Nc3cnn(COc4cccc(Cl)c4)c3)cn2)cc1. The number of thiocarbonyl (C=S) groups is 1. The number of aromatic nitrogens is 4. The lowest BCUT2D eigenvalue weighted by atomic mass is 10.2. The summed E-state index contributed by atoms with van der Waals surface area (Å²) in [7, 11) is 0. The van der Waals surface area contributed by atoms with E-state index in [1.807, 2.05) is 18.3 Å². The monoisotopic (exact) mass is 456 g/mol. The van der Waals surface area contributed by atoms with Crippen LogP contribution in [-0.2, 0) is 13.3 Å². The zero-order chi connectivity index (χ0) is 21.6. The van der Waals surface area contributed by atoms with Crippen molar-refractivity contribution in [3.8, 4) is 5.75 Å². The van der Waals surface area contributed by atoms with Crippen LogP contribution < -0.4 is 15.4 Å². The van der Waals surface area contributed by atoms with Gasteiger partial charge in [0.25, 0.3) is 0 Å².